The monoisotopic (exact) mass is 215 g/mol. The number of amides is 1. The van der Waals surface area contributed by atoms with Crippen molar-refractivity contribution in [3.8, 4) is 0 Å². The molecule has 0 atom stereocenters. The van der Waals surface area contributed by atoms with Crippen LogP contribution in [0, 0.1) is 0 Å². The van der Waals surface area contributed by atoms with Crippen molar-refractivity contribution in [1.82, 2.24) is 5.32 Å². The summed E-state index contributed by atoms with van der Waals surface area (Å²) in [4.78, 5) is 22.1. The third kappa shape index (κ3) is 3.51. The fraction of sp³-hybridized carbons (Fsp3) is 0.800. The quantitative estimate of drug-likeness (QED) is 0.512. The van der Waals surface area contributed by atoms with Crippen molar-refractivity contribution in [2.45, 2.75) is 38.2 Å². The Hall–Kier alpha value is -1.10. The van der Waals surface area contributed by atoms with E-state index in [2.05, 4.69) is 10.1 Å². The van der Waals surface area contributed by atoms with Crippen molar-refractivity contribution in [1.29, 1.82) is 0 Å². The molecule has 2 N–H and O–H groups in total. The molecule has 86 valence electrons. The van der Waals surface area contributed by atoms with Crippen LogP contribution in [-0.2, 0) is 14.3 Å². The van der Waals surface area contributed by atoms with E-state index in [1.54, 1.807) is 6.92 Å². The Balaban J connectivity index is 2.30. The van der Waals surface area contributed by atoms with Crippen LogP contribution in [0.4, 0.5) is 0 Å². The summed E-state index contributed by atoms with van der Waals surface area (Å²) in [7, 11) is 0. The van der Waals surface area contributed by atoms with E-state index in [-0.39, 0.29) is 13.2 Å². The number of esters is 1. The zero-order valence-electron chi connectivity index (χ0n) is 8.91. The van der Waals surface area contributed by atoms with Gasteiger partial charge in [0, 0.05) is 6.54 Å². The van der Waals surface area contributed by atoms with Gasteiger partial charge in [0.2, 0.25) is 0 Å². The average molecular weight is 215 g/mol. The largest absolute Gasteiger partial charge is 0.459 e. The van der Waals surface area contributed by atoms with Crippen molar-refractivity contribution >= 4 is 11.9 Å². The fourth-order valence-electron chi connectivity index (χ4n) is 1.72. The van der Waals surface area contributed by atoms with Gasteiger partial charge < -0.3 is 15.2 Å². The van der Waals surface area contributed by atoms with Crippen LogP contribution in [0.5, 0.6) is 0 Å². The van der Waals surface area contributed by atoms with Crippen LogP contribution in [0.3, 0.4) is 0 Å². The fourth-order valence-corrected chi connectivity index (χ4v) is 1.72. The van der Waals surface area contributed by atoms with Crippen LogP contribution in [0.1, 0.15) is 32.6 Å². The zero-order chi connectivity index (χ0) is 11.3. The lowest BCUT2D eigenvalue weighted by molar-refractivity contribution is -0.154. The van der Waals surface area contributed by atoms with E-state index in [1.807, 2.05) is 0 Å². The molecule has 5 heteroatoms. The van der Waals surface area contributed by atoms with E-state index in [9.17, 15) is 14.7 Å². The summed E-state index contributed by atoms with van der Waals surface area (Å²) in [6.45, 7) is 1.94. The van der Waals surface area contributed by atoms with Crippen LogP contribution in [0.2, 0.25) is 0 Å². The first-order valence-electron chi connectivity index (χ1n) is 5.25. The molecule has 0 spiro atoms. The molecule has 0 radical (unpaired) electrons. The molecule has 0 saturated heterocycles. The van der Waals surface area contributed by atoms with Crippen LogP contribution >= 0.6 is 0 Å². The van der Waals surface area contributed by atoms with Gasteiger partial charge >= 0.3 is 11.9 Å². The van der Waals surface area contributed by atoms with E-state index in [0.717, 1.165) is 12.8 Å². The molecular formula is C10H17NO4. The van der Waals surface area contributed by atoms with Crippen LogP contribution < -0.4 is 5.32 Å². The molecule has 0 heterocycles. The molecular weight excluding hydrogens is 198 g/mol. The lowest BCUT2D eigenvalue weighted by atomic mass is 10.0. The van der Waals surface area contributed by atoms with E-state index in [1.165, 1.54) is 0 Å². The highest BCUT2D eigenvalue weighted by molar-refractivity contribution is 6.32. The lowest BCUT2D eigenvalue weighted by Crippen LogP contribution is -2.43. The Kier molecular flexibility index (Phi) is 4.08. The Morgan fingerprint density at radius 1 is 1.40 bits per heavy atom. The summed E-state index contributed by atoms with van der Waals surface area (Å²) in [6, 6.07) is 0. The molecule has 1 aliphatic rings. The van der Waals surface area contributed by atoms with Gasteiger partial charge in [-0.2, -0.15) is 0 Å². The molecule has 0 bridgehead atoms. The van der Waals surface area contributed by atoms with Crippen molar-refractivity contribution < 1.29 is 19.4 Å². The predicted molar refractivity (Wildman–Crippen MR) is 53.1 cm³/mol. The Morgan fingerprint density at radius 2 is 2.00 bits per heavy atom. The minimum absolute atomic E-state index is 0.130. The zero-order valence-corrected chi connectivity index (χ0v) is 8.91. The van der Waals surface area contributed by atoms with Crippen molar-refractivity contribution in [3.63, 3.8) is 0 Å². The number of carbonyl (C=O) groups excluding carboxylic acids is 2. The van der Waals surface area contributed by atoms with E-state index >= 15 is 0 Å². The molecule has 0 aromatic carbocycles. The molecule has 15 heavy (non-hydrogen) atoms. The number of ether oxygens (including phenoxy) is 1. The standard InChI is InChI=1S/C10H17NO4/c1-2-15-9(13)8(12)11-7-10(14)5-3-4-6-10/h14H,2-7H2,1H3,(H,11,12). The van der Waals surface area contributed by atoms with Crippen molar-refractivity contribution in [2.75, 3.05) is 13.2 Å². The van der Waals surface area contributed by atoms with Gasteiger partial charge in [-0.05, 0) is 19.8 Å². The Labute approximate surface area is 88.8 Å². The molecule has 1 rings (SSSR count). The summed E-state index contributed by atoms with van der Waals surface area (Å²) < 4.78 is 4.52. The molecule has 1 fully saturated rings. The average Bonchev–Trinajstić information content (AvgIpc) is 2.63. The van der Waals surface area contributed by atoms with Crippen molar-refractivity contribution in [2.24, 2.45) is 0 Å². The number of nitrogens with one attached hydrogen (secondary N) is 1. The second kappa shape index (κ2) is 5.11. The first kappa shape index (κ1) is 12.0. The van der Waals surface area contributed by atoms with Gasteiger partial charge in [0.1, 0.15) is 0 Å². The topological polar surface area (TPSA) is 75.6 Å². The maximum atomic E-state index is 11.1. The summed E-state index contributed by atoms with van der Waals surface area (Å²) in [5.74, 6) is -1.67. The summed E-state index contributed by atoms with van der Waals surface area (Å²) >= 11 is 0. The Morgan fingerprint density at radius 3 is 2.53 bits per heavy atom. The number of aliphatic hydroxyl groups is 1. The maximum absolute atomic E-state index is 11.1. The molecule has 0 aromatic heterocycles. The highest BCUT2D eigenvalue weighted by Crippen LogP contribution is 2.28. The molecule has 0 aromatic rings. The molecule has 0 unspecified atom stereocenters. The molecule has 1 aliphatic carbocycles. The number of hydrogen-bond acceptors (Lipinski definition) is 4. The van der Waals surface area contributed by atoms with Gasteiger partial charge in [-0.15, -0.1) is 0 Å². The summed E-state index contributed by atoms with van der Waals surface area (Å²) in [5, 5.41) is 12.3. The van der Waals surface area contributed by atoms with E-state index in [0.29, 0.717) is 12.8 Å². The van der Waals surface area contributed by atoms with Gasteiger partial charge in [-0.3, -0.25) is 4.79 Å². The van der Waals surface area contributed by atoms with Gasteiger partial charge in [-0.25, -0.2) is 4.79 Å². The second-order valence-electron chi connectivity index (χ2n) is 3.83. The lowest BCUT2D eigenvalue weighted by Gasteiger charge is -2.21. The van der Waals surface area contributed by atoms with Crippen LogP contribution in [0.15, 0.2) is 0 Å². The normalized spacial score (nSPS) is 18.5. The highest BCUT2D eigenvalue weighted by Gasteiger charge is 2.32. The smallest absolute Gasteiger partial charge is 0.396 e. The van der Waals surface area contributed by atoms with Crippen LogP contribution in [-0.4, -0.2) is 35.7 Å². The summed E-state index contributed by atoms with van der Waals surface area (Å²) in [6.07, 6.45) is 3.28. The van der Waals surface area contributed by atoms with Gasteiger partial charge in [0.05, 0.1) is 12.2 Å². The van der Waals surface area contributed by atoms with E-state index < -0.39 is 17.5 Å². The molecule has 0 aliphatic heterocycles. The van der Waals surface area contributed by atoms with Crippen molar-refractivity contribution in [3.05, 3.63) is 0 Å². The third-order valence-electron chi connectivity index (χ3n) is 2.57. The Bertz CT molecular complexity index is 246. The number of hydrogen-bond donors (Lipinski definition) is 2. The minimum atomic E-state index is -0.890. The molecule has 1 amide bonds. The van der Waals surface area contributed by atoms with Crippen LogP contribution in [0.25, 0.3) is 0 Å². The first-order chi connectivity index (χ1) is 7.07. The third-order valence-corrected chi connectivity index (χ3v) is 2.57. The minimum Gasteiger partial charge on any atom is -0.459 e. The number of carbonyl (C=O) groups is 2. The predicted octanol–water partition coefficient (Wildman–Crippen LogP) is -0.0292. The van der Waals surface area contributed by atoms with E-state index in [4.69, 9.17) is 0 Å². The SMILES string of the molecule is CCOC(=O)C(=O)NCC1(O)CCCC1. The van der Waals surface area contributed by atoms with Gasteiger partial charge in [0.25, 0.3) is 0 Å². The van der Waals surface area contributed by atoms with Gasteiger partial charge in [0.15, 0.2) is 0 Å². The first-order valence-corrected chi connectivity index (χ1v) is 5.25. The maximum Gasteiger partial charge on any atom is 0.396 e. The second-order valence-corrected chi connectivity index (χ2v) is 3.83. The molecule has 5 nitrogen and oxygen atoms in total. The highest BCUT2D eigenvalue weighted by atomic mass is 16.5. The summed E-state index contributed by atoms with van der Waals surface area (Å²) in [5.41, 5.74) is -0.831. The molecule has 1 saturated carbocycles. The number of rotatable bonds is 3. The van der Waals surface area contributed by atoms with Gasteiger partial charge in [-0.1, -0.05) is 12.8 Å².